The van der Waals surface area contributed by atoms with Gasteiger partial charge in [0.2, 0.25) is 0 Å². The number of benzene rings is 3. The summed E-state index contributed by atoms with van der Waals surface area (Å²) in [6, 6.07) is 30.5. The van der Waals surface area contributed by atoms with Crippen molar-refractivity contribution in [2.75, 3.05) is 6.16 Å². The molecule has 0 spiro atoms. The Kier molecular flexibility index (Phi) is 6.14. The average molecular weight is 356 g/mol. The van der Waals surface area contributed by atoms with Gasteiger partial charge in [-0.3, -0.25) is 0 Å². The molecule has 0 fully saturated rings. The highest BCUT2D eigenvalue weighted by Gasteiger charge is 2.44. The van der Waals surface area contributed by atoms with Crippen LogP contribution in [0.5, 0.6) is 0 Å². The van der Waals surface area contributed by atoms with Crippen LogP contribution in [0.3, 0.4) is 0 Å². The topological polar surface area (TPSA) is 46.9 Å². The van der Waals surface area contributed by atoms with Gasteiger partial charge in [-0.05, 0) is 42.3 Å². The molecule has 0 amide bonds. The van der Waals surface area contributed by atoms with Crippen molar-refractivity contribution in [1.29, 1.82) is 5.41 Å². The first-order chi connectivity index (χ1) is 11.2. The second kappa shape index (κ2) is 8.10. The number of halogens is 1. The minimum absolute atomic E-state index is 0. The molecule has 0 unspecified atom stereocenters. The van der Waals surface area contributed by atoms with Gasteiger partial charge in [-0.15, -0.1) is 12.4 Å². The van der Waals surface area contributed by atoms with Crippen molar-refractivity contribution in [2.45, 2.75) is 0 Å². The molecule has 122 valence electrons. The second-order valence-electron chi connectivity index (χ2n) is 5.40. The van der Waals surface area contributed by atoms with Crippen molar-refractivity contribution >= 4 is 41.5 Å². The summed E-state index contributed by atoms with van der Waals surface area (Å²) in [6.07, 6.45) is 0.227. The second-order valence-corrected chi connectivity index (χ2v) is 8.88. The van der Waals surface area contributed by atoms with Gasteiger partial charge >= 0.3 is 0 Å². The predicted molar refractivity (Wildman–Crippen MR) is 105 cm³/mol. The number of hydrogen-bond acceptors (Lipinski definition) is 2. The molecular formula is C20H19ClNOP. The molecule has 3 aromatic rings. The van der Waals surface area contributed by atoms with Crippen LogP contribution in [0.4, 0.5) is 0 Å². The molecule has 3 aromatic carbocycles. The largest absolute Gasteiger partial charge is 0.860 e. The molecule has 0 saturated heterocycles. The van der Waals surface area contributed by atoms with E-state index in [-0.39, 0.29) is 18.6 Å². The van der Waals surface area contributed by atoms with Gasteiger partial charge in [0.25, 0.3) is 0 Å². The lowest BCUT2D eigenvalue weighted by molar-refractivity contribution is -0.216. The molecule has 0 aliphatic rings. The van der Waals surface area contributed by atoms with Gasteiger partial charge in [-0.25, -0.2) is 0 Å². The van der Waals surface area contributed by atoms with Crippen LogP contribution < -0.4 is 21.0 Å². The Balaban J connectivity index is 0.00000208. The van der Waals surface area contributed by atoms with Crippen molar-refractivity contribution in [3.63, 3.8) is 0 Å². The van der Waals surface area contributed by atoms with Crippen LogP contribution in [0.15, 0.2) is 91.0 Å². The Labute approximate surface area is 149 Å². The maximum absolute atomic E-state index is 11.9. The minimum atomic E-state index is -2.15. The van der Waals surface area contributed by atoms with Gasteiger partial charge in [-0.2, -0.15) is 0 Å². The Morgan fingerprint density at radius 2 is 0.958 bits per heavy atom. The summed E-state index contributed by atoms with van der Waals surface area (Å²) < 4.78 is 0. The summed E-state index contributed by atoms with van der Waals surface area (Å²) in [6.45, 7) is 0. The van der Waals surface area contributed by atoms with Crippen molar-refractivity contribution < 1.29 is 5.11 Å². The zero-order valence-corrected chi connectivity index (χ0v) is 14.8. The zero-order valence-electron chi connectivity index (χ0n) is 13.1. The van der Waals surface area contributed by atoms with E-state index in [1.54, 1.807) is 0 Å². The smallest absolute Gasteiger partial charge is 0.116 e. The number of rotatable bonds is 5. The molecule has 3 rings (SSSR count). The van der Waals surface area contributed by atoms with Crippen LogP contribution in [0.1, 0.15) is 0 Å². The van der Waals surface area contributed by atoms with Crippen molar-refractivity contribution in [3.05, 3.63) is 91.0 Å². The Hall–Kier alpha value is -2.15. The SMILES string of the molecule is Cl.N=C([O-])C[P+](c1ccccc1)(c1ccccc1)c1ccccc1. The molecule has 4 heteroatoms. The average Bonchev–Trinajstić information content (AvgIpc) is 2.62. The van der Waals surface area contributed by atoms with Crippen LogP contribution in [-0.4, -0.2) is 12.1 Å². The third-order valence-electron chi connectivity index (χ3n) is 3.97. The summed E-state index contributed by atoms with van der Waals surface area (Å²) in [5.41, 5.74) is 0. The minimum Gasteiger partial charge on any atom is -0.860 e. The lowest BCUT2D eigenvalue weighted by Gasteiger charge is -2.29. The van der Waals surface area contributed by atoms with Crippen molar-refractivity contribution in [3.8, 4) is 0 Å². The fraction of sp³-hybridized carbons (Fsp3) is 0.0500. The normalized spacial score (nSPS) is 10.7. The van der Waals surface area contributed by atoms with E-state index < -0.39 is 13.2 Å². The van der Waals surface area contributed by atoms with E-state index in [1.807, 2.05) is 54.6 Å². The summed E-state index contributed by atoms with van der Waals surface area (Å²) in [4.78, 5) is 0. The van der Waals surface area contributed by atoms with Crippen LogP contribution >= 0.6 is 19.7 Å². The number of hydrogen-bond donors (Lipinski definition) is 1. The molecule has 0 aliphatic heterocycles. The molecule has 0 saturated carbocycles. The molecule has 0 heterocycles. The molecule has 0 radical (unpaired) electrons. The van der Waals surface area contributed by atoms with Gasteiger partial charge in [0, 0.05) is 0 Å². The molecule has 1 N–H and O–H groups in total. The maximum atomic E-state index is 11.9. The molecule has 0 aliphatic carbocycles. The highest BCUT2D eigenvalue weighted by molar-refractivity contribution is 7.96. The van der Waals surface area contributed by atoms with E-state index in [0.717, 1.165) is 15.9 Å². The predicted octanol–water partition coefficient (Wildman–Crippen LogP) is 2.74. The van der Waals surface area contributed by atoms with Crippen molar-refractivity contribution in [1.82, 2.24) is 0 Å². The van der Waals surface area contributed by atoms with E-state index in [0.29, 0.717) is 0 Å². The first-order valence-corrected chi connectivity index (χ1v) is 9.50. The van der Waals surface area contributed by atoms with Crippen LogP contribution in [-0.2, 0) is 0 Å². The van der Waals surface area contributed by atoms with Crippen LogP contribution in [0.25, 0.3) is 0 Å². The third-order valence-corrected chi connectivity index (χ3v) is 8.27. The van der Waals surface area contributed by atoms with Crippen LogP contribution in [0, 0.1) is 5.41 Å². The van der Waals surface area contributed by atoms with Crippen molar-refractivity contribution in [2.24, 2.45) is 0 Å². The standard InChI is InChI=1S/C20H18NOP.ClH/c21-20(22)16-23(17-10-4-1-5-11-17,18-12-6-2-7-13-18)19-14-8-3-9-15-19;/h1-15H,16H2,(H-,21,22);1H. The molecule has 0 bridgehead atoms. The lowest BCUT2D eigenvalue weighted by Crippen LogP contribution is -2.38. The van der Waals surface area contributed by atoms with E-state index in [9.17, 15) is 5.11 Å². The molecule has 0 aromatic heterocycles. The first kappa shape index (κ1) is 18.2. The highest BCUT2D eigenvalue weighted by Crippen LogP contribution is 2.54. The summed E-state index contributed by atoms with van der Waals surface area (Å²) in [5.74, 6) is -0.519. The third kappa shape index (κ3) is 3.51. The van der Waals surface area contributed by atoms with Crippen LogP contribution in [0.2, 0.25) is 0 Å². The highest BCUT2D eigenvalue weighted by atomic mass is 35.5. The summed E-state index contributed by atoms with van der Waals surface area (Å²) >= 11 is 0. The Bertz CT molecular complexity index is 682. The monoisotopic (exact) mass is 355 g/mol. The van der Waals surface area contributed by atoms with Gasteiger partial charge in [0.1, 0.15) is 29.3 Å². The van der Waals surface area contributed by atoms with Gasteiger partial charge in [0.15, 0.2) is 0 Å². The first-order valence-electron chi connectivity index (χ1n) is 7.53. The summed E-state index contributed by atoms with van der Waals surface area (Å²) in [5, 5.41) is 23.0. The fourth-order valence-corrected chi connectivity index (χ4v) is 6.90. The molecule has 24 heavy (non-hydrogen) atoms. The van der Waals surface area contributed by atoms with Gasteiger partial charge in [0.05, 0.1) is 0 Å². The van der Waals surface area contributed by atoms with E-state index >= 15 is 0 Å². The Morgan fingerprint density at radius 1 is 0.667 bits per heavy atom. The zero-order chi connectivity index (χ0) is 16.1. The quantitative estimate of drug-likeness (QED) is 0.427. The molecular weight excluding hydrogens is 337 g/mol. The van der Waals surface area contributed by atoms with E-state index in [4.69, 9.17) is 5.41 Å². The van der Waals surface area contributed by atoms with Gasteiger partial charge in [-0.1, -0.05) is 54.6 Å². The number of nitrogens with one attached hydrogen (secondary N) is 1. The summed E-state index contributed by atoms with van der Waals surface area (Å²) in [7, 11) is -2.15. The van der Waals surface area contributed by atoms with E-state index in [2.05, 4.69) is 36.4 Å². The Morgan fingerprint density at radius 3 is 1.21 bits per heavy atom. The molecule has 0 atom stereocenters. The fourth-order valence-electron chi connectivity index (χ4n) is 2.98. The van der Waals surface area contributed by atoms with Gasteiger partial charge < -0.3 is 10.5 Å². The molecule has 2 nitrogen and oxygen atoms in total. The van der Waals surface area contributed by atoms with E-state index in [1.165, 1.54) is 0 Å². The lowest BCUT2D eigenvalue weighted by atomic mass is 10.4. The maximum Gasteiger partial charge on any atom is 0.116 e.